The van der Waals surface area contributed by atoms with E-state index in [0.717, 1.165) is 5.56 Å². The van der Waals surface area contributed by atoms with Gasteiger partial charge in [0.1, 0.15) is 6.04 Å². The van der Waals surface area contributed by atoms with Crippen molar-refractivity contribution in [1.29, 1.82) is 5.26 Å². The van der Waals surface area contributed by atoms with Crippen LogP contribution in [0.5, 0.6) is 11.5 Å². The Bertz CT molecular complexity index is 1280. The van der Waals surface area contributed by atoms with Crippen LogP contribution in [-0.4, -0.2) is 36.5 Å². The zero-order valence-electron chi connectivity index (χ0n) is 18.9. The minimum Gasteiger partial charge on any atom is -0.493 e. The topological polar surface area (TPSA) is 106 Å². The number of hydrogen-bond acceptors (Lipinski definition) is 6. The van der Waals surface area contributed by atoms with E-state index in [0.29, 0.717) is 28.5 Å². The number of halogens is 2. The minimum atomic E-state index is -0.979. The molecule has 0 bridgehead atoms. The van der Waals surface area contributed by atoms with E-state index in [1.54, 1.807) is 30.3 Å². The molecule has 180 valence electrons. The van der Waals surface area contributed by atoms with Crippen molar-refractivity contribution in [3.8, 4) is 17.6 Å². The van der Waals surface area contributed by atoms with Crippen molar-refractivity contribution < 1.29 is 19.2 Å². The molecular formula is C25H21Cl2N3O5. The van der Waals surface area contributed by atoms with Crippen molar-refractivity contribution in [2.45, 2.75) is 12.5 Å². The molecule has 0 aliphatic rings. The Morgan fingerprint density at radius 1 is 1.03 bits per heavy atom. The van der Waals surface area contributed by atoms with Gasteiger partial charge in [-0.15, -0.1) is 0 Å². The molecule has 10 heteroatoms. The third-order valence-electron chi connectivity index (χ3n) is 5.37. The van der Waals surface area contributed by atoms with E-state index < -0.39 is 16.9 Å². The highest BCUT2D eigenvalue weighted by atomic mass is 35.5. The lowest BCUT2D eigenvalue weighted by Gasteiger charge is -2.28. The van der Waals surface area contributed by atoms with E-state index in [1.165, 1.54) is 43.4 Å². The average Bonchev–Trinajstić information content (AvgIpc) is 2.87. The molecule has 0 spiro atoms. The number of nitrogens with zero attached hydrogens (tertiary/aromatic N) is 3. The number of nitriles is 1. The second-order valence-corrected chi connectivity index (χ2v) is 8.26. The Kier molecular flexibility index (Phi) is 8.53. The quantitative estimate of drug-likeness (QED) is 0.261. The van der Waals surface area contributed by atoms with E-state index in [4.69, 9.17) is 32.7 Å². The standard InChI is InChI=1S/C25H21Cl2N3O5/c1-34-23-10-3-16(13-24(23)35-2)11-12-29(22(15-28)18-6-9-20(26)21(27)14-18)25(31)17-4-7-19(8-5-17)30(32)33/h3-10,13-14,22H,11-12H2,1-2H3. The molecule has 35 heavy (non-hydrogen) atoms. The SMILES string of the molecule is COc1ccc(CCN(C(=O)c2ccc([N+](=O)[O-])cc2)C(C#N)c2ccc(Cl)c(Cl)c2)cc1OC. The van der Waals surface area contributed by atoms with Crippen LogP contribution in [0, 0.1) is 21.4 Å². The summed E-state index contributed by atoms with van der Waals surface area (Å²) < 4.78 is 10.6. The third kappa shape index (κ3) is 6.01. The van der Waals surface area contributed by atoms with Gasteiger partial charge in [0, 0.05) is 24.2 Å². The first kappa shape index (κ1) is 25.8. The molecule has 0 heterocycles. The van der Waals surface area contributed by atoms with Crippen molar-refractivity contribution in [1.82, 2.24) is 4.90 Å². The second kappa shape index (κ2) is 11.6. The lowest BCUT2D eigenvalue weighted by atomic mass is 10.0. The number of nitro benzene ring substituents is 1. The molecule has 0 radical (unpaired) electrons. The van der Waals surface area contributed by atoms with Crippen molar-refractivity contribution in [2.24, 2.45) is 0 Å². The maximum Gasteiger partial charge on any atom is 0.269 e. The molecule has 1 atom stereocenters. The van der Waals surface area contributed by atoms with Crippen LogP contribution in [0.2, 0.25) is 10.0 Å². The molecule has 3 aromatic rings. The van der Waals surface area contributed by atoms with E-state index in [2.05, 4.69) is 6.07 Å². The van der Waals surface area contributed by atoms with E-state index >= 15 is 0 Å². The molecule has 0 aromatic heterocycles. The summed E-state index contributed by atoms with van der Waals surface area (Å²) >= 11 is 12.2. The molecule has 0 saturated heterocycles. The number of carbonyl (C=O) groups excluding carboxylic acids is 1. The maximum atomic E-state index is 13.5. The summed E-state index contributed by atoms with van der Waals surface area (Å²) in [5, 5.41) is 21.6. The van der Waals surface area contributed by atoms with E-state index in [-0.39, 0.29) is 22.8 Å². The molecular weight excluding hydrogens is 493 g/mol. The number of rotatable bonds is 9. The van der Waals surface area contributed by atoms with Crippen molar-refractivity contribution in [3.63, 3.8) is 0 Å². The lowest BCUT2D eigenvalue weighted by Crippen LogP contribution is -2.36. The van der Waals surface area contributed by atoms with Gasteiger partial charge >= 0.3 is 0 Å². The van der Waals surface area contributed by atoms with Crippen LogP contribution in [0.15, 0.2) is 60.7 Å². The largest absolute Gasteiger partial charge is 0.493 e. The molecule has 0 aliphatic carbocycles. The smallest absolute Gasteiger partial charge is 0.269 e. The van der Waals surface area contributed by atoms with Crippen LogP contribution >= 0.6 is 23.2 Å². The molecule has 1 unspecified atom stereocenters. The minimum absolute atomic E-state index is 0.139. The summed E-state index contributed by atoms with van der Waals surface area (Å²) in [6.45, 7) is 0.170. The van der Waals surface area contributed by atoms with Crippen molar-refractivity contribution in [3.05, 3.63) is 97.5 Å². The van der Waals surface area contributed by atoms with Gasteiger partial charge in [-0.3, -0.25) is 14.9 Å². The summed E-state index contributed by atoms with van der Waals surface area (Å²) in [7, 11) is 3.07. The molecule has 0 aliphatic heterocycles. The molecule has 0 saturated carbocycles. The fraction of sp³-hybridized carbons (Fsp3) is 0.200. The first-order valence-corrected chi connectivity index (χ1v) is 11.2. The fourth-order valence-corrected chi connectivity index (χ4v) is 3.84. The first-order valence-electron chi connectivity index (χ1n) is 10.4. The first-order chi connectivity index (χ1) is 16.8. The number of ether oxygens (including phenoxy) is 2. The van der Waals surface area contributed by atoms with Crippen molar-refractivity contribution in [2.75, 3.05) is 20.8 Å². The molecule has 1 amide bonds. The summed E-state index contributed by atoms with van der Waals surface area (Å²) in [5.74, 6) is 0.651. The third-order valence-corrected chi connectivity index (χ3v) is 6.11. The summed E-state index contributed by atoms with van der Waals surface area (Å²) in [5.41, 5.74) is 1.42. The molecule has 0 N–H and O–H groups in total. The predicted molar refractivity (Wildman–Crippen MR) is 132 cm³/mol. The van der Waals surface area contributed by atoms with Gasteiger partial charge < -0.3 is 14.4 Å². The number of nitro groups is 1. The van der Waals surface area contributed by atoms with Crippen LogP contribution in [0.25, 0.3) is 0 Å². The number of hydrogen-bond donors (Lipinski definition) is 0. The van der Waals surface area contributed by atoms with Crippen LogP contribution in [-0.2, 0) is 6.42 Å². The summed E-state index contributed by atoms with van der Waals surface area (Å²) in [6.07, 6.45) is 0.401. The molecule has 3 aromatic carbocycles. The van der Waals surface area contributed by atoms with Crippen LogP contribution in [0.1, 0.15) is 27.5 Å². The second-order valence-electron chi connectivity index (χ2n) is 7.45. The van der Waals surface area contributed by atoms with Gasteiger partial charge in [-0.2, -0.15) is 5.26 Å². The summed E-state index contributed by atoms with van der Waals surface area (Å²) in [4.78, 5) is 25.4. The highest BCUT2D eigenvalue weighted by Gasteiger charge is 2.27. The van der Waals surface area contributed by atoms with Gasteiger partial charge in [0.25, 0.3) is 11.6 Å². The molecule has 8 nitrogen and oxygen atoms in total. The zero-order valence-corrected chi connectivity index (χ0v) is 20.4. The molecule has 0 fully saturated rings. The van der Waals surface area contributed by atoms with Crippen LogP contribution in [0.3, 0.4) is 0 Å². The summed E-state index contributed by atoms with van der Waals surface area (Å²) in [6, 6.07) is 16.6. The Morgan fingerprint density at radius 2 is 1.71 bits per heavy atom. The lowest BCUT2D eigenvalue weighted by molar-refractivity contribution is -0.384. The Hall–Kier alpha value is -3.80. The number of methoxy groups -OCH3 is 2. The maximum absolute atomic E-state index is 13.5. The van der Waals surface area contributed by atoms with E-state index in [1.807, 2.05) is 6.07 Å². The van der Waals surface area contributed by atoms with Gasteiger partial charge in [0.05, 0.1) is 35.3 Å². The number of amides is 1. The van der Waals surface area contributed by atoms with Gasteiger partial charge in [-0.05, 0) is 53.9 Å². The van der Waals surface area contributed by atoms with Gasteiger partial charge in [-0.25, -0.2) is 0 Å². The van der Waals surface area contributed by atoms with Crippen LogP contribution < -0.4 is 9.47 Å². The van der Waals surface area contributed by atoms with Gasteiger partial charge in [0.2, 0.25) is 0 Å². The molecule has 3 rings (SSSR count). The number of carbonyl (C=O) groups is 1. The van der Waals surface area contributed by atoms with Gasteiger partial charge in [-0.1, -0.05) is 35.3 Å². The Morgan fingerprint density at radius 3 is 2.29 bits per heavy atom. The number of benzene rings is 3. The highest BCUT2D eigenvalue weighted by Crippen LogP contribution is 2.31. The Balaban J connectivity index is 1.97. The highest BCUT2D eigenvalue weighted by molar-refractivity contribution is 6.42. The Labute approximate surface area is 212 Å². The average molecular weight is 514 g/mol. The van der Waals surface area contributed by atoms with Crippen LogP contribution in [0.4, 0.5) is 5.69 Å². The predicted octanol–water partition coefficient (Wildman–Crippen LogP) is 5.87. The van der Waals surface area contributed by atoms with Gasteiger partial charge in [0.15, 0.2) is 11.5 Å². The zero-order chi connectivity index (χ0) is 25.5. The van der Waals surface area contributed by atoms with Crippen molar-refractivity contribution >= 4 is 34.8 Å². The number of non-ortho nitro benzene ring substituents is 1. The monoisotopic (exact) mass is 513 g/mol. The van der Waals surface area contributed by atoms with E-state index in [9.17, 15) is 20.2 Å². The normalized spacial score (nSPS) is 11.3. The fourth-order valence-electron chi connectivity index (χ4n) is 3.53.